The molecule has 0 bridgehead atoms. The first-order valence-electron chi connectivity index (χ1n) is 3.95. The lowest BCUT2D eigenvalue weighted by atomic mass is 10.1. The minimum Gasteiger partial charge on any atom is -0.391 e. The van der Waals surface area contributed by atoms with Crippen LogP contribution in [0.15, 0.2) is 0 Å². The summed E-state index contributed by atoms with van der Waals surface area (Å²) in [6, 6.07) is -1.03. The molecule has 0 aliphatic rings. The van der Waals surface area contributed by atoms with Gasteiger partial charge in [0, 0.05) is 29.5 Å². The lowest BCUT2D eigenvalue weighted by Crippen LogP contribution is -2.36. The molecule has 0 rings (SSSR count). The van der Waals surface area contributed by atoms with Crippen LogP contribution in [-0.2, 0) is 19.1 Å². The molecule has 0 fully saturated rings. The fraction of sp³-hybridized carbons (Fsp3) is 0.571. The molecule has 1 amide bonds. The highest BCUT2D eigenvalue weighted by atomic mass is 24.3. The van der Waals surface area contributed by atoms with E-state index in [1.165, 1.54) is 0 Å². The van der Waals surface area contributed by atoms with Crippen LogP contribution in [0.5, 0.6) is 0 Å². The summed E-state index contributed by atoms with van der Waals surface area (Å²) in [6.07, 6.45) is 0.0130. The highest BCUT2D eigenvalue weighted by molar-refractivity contribution is 5.89. The van der Waals surface area contributed by atoms with E-state index in [-0.39, 0.29) is 35.9 Å². The lowest BCUT2D eigenvalue weighted by Gasteiger charge is -2.07. The van der Waals surface area contributed by atoms with Crippen LogP contribution in [0.25, 0.3) is 0 Å². The van der Waals surface area contributed by atoms with Gasteiger partial charge in [0.1, 0.15) is 6.04 Å². The van der Waals surface area contributed by atoms with Gasteiger partial charge in [-0.05, 0) is 6.42 Å². The quantitative estimate of drug-likeness (QED) is 0.264. The Kier molecular flexibility index (Phi) is 9.58. The number of amides is 1. The molecule has 8 heteroatoms. The Labute approximate surface area is 103 Å². The van der Waals surface area contributed by atoms with Gasteiger partial charge in [0.15, 0.2) is 0 Å². The second-order valence-electron chi connectivity index (χ2n) is 2.61. The van der Waals surface area contributed by atoms with E-state index in [0.29, 0.717) is 0 Å². The van der Waals surface area contributed by atoms with Crippen molar-refractivity contribution in [2.45, 2.75) is 18.9 Å². The first-order valence-corrected chi connectivity index (χ1v) is 3.95. The predicted octanol–water partition coefficient (Wildman–Crippen LogP) is -2.77. The number of hydrogen-bond donors (Lipinski definition) is 3. The minimum atomic E-state index is -1.03. The van der Waals surface area contributed by atoms with Crippen molar-refractivity contribution in [1.82, 2.24) is 0 Å². The van der Waals surface area contributed by atoms with E-state index in [9.17, 15) is 14.4 Å². The summed E-state index contributed by atoms with van der Waals surface area (Å²) in [7, 11) is 0. The Bertz CT molecular complexity index is 246. The van der Waals surface area contributed by atoms with Gasteiger partial charge in [-0.3, -0.25) is 9.59 Å². The number of carbonyl (C=O) groups excluding carboxylic acids is 3. The summed E-state index contributed by atoms with van der Waals surface area (Å²) in [5, 5.41) is 0. The van der Waals surface area contributed by atoms with Crippen molar-refractivity contribution in [2.24, 2.45) is 17.2 Å². The van der Waals surface area contributed by atoms with Crippen LogP contribution >= 0.6 is 0 Å². The minimum absolute atomic E-state index is 0. The molecule has 0 aromatic heterocycles. The second-order valence-corrected chi connectivity index (χ2v) is 2.61. The van der Waals surface area contributed by atoms with Crippen molar-refractivity contribution >= 4 is 40.9 Å². The molecule has 0 saturated carbocycles. The van der Waals surface area contributed by atoms with Gasteiger partial charge >= 0.3 is 11.9 Å². The lowest BCUT2D eigenvalue weighted by molar-refractivity contribution is -0.159. The monoisotopic (exact) mass is 227 g/mol. The summed E-state index contributed by atoms with van der Waals surface area (Å²) < 4.78 is 4.21. The predicted molar refractivity (Wildman–Crippen MR) is 52.3 cm³/mol. The Morgan fingerprint density at radius 3 is 2.20 bits per heavy atom. The summed E-state index contributed by atoms with van der Waals surface area (Å²) in [6.45, 7) is -0.395. The smallest absolute Gasteiger partial charge is 0.330 e. The number of ether oxygens (including phenoxy) is 1. The second kappa shape index (κ2) is 8.59. The molecule has 2 radical (unpaired) electrons. The zero-order chi connectivity index (χ0) is 11.1. The molecule has 0 aromatic carbocycles. The van der Waals surface area contributed by atoms with Crippen molar-refractivity contribution < 1.29 is 19.1 Å². The van der Waals surface area contributed by atoms with Crippen LogP contribution in [0.1, 0.15) is 12.8 Å². The van der Waals surface area contributed by atoms with Crippen molar-refractivity contribution in [3.63, 3.8) is 0 Å². The Balaban J connectivity index is 0. The maximum absolute atomic E-state index is 10.9. The maximum atomic E-state index is 10.9. The normalized spacial score (nSPS) is 11.1. The van der Waals surface area contributed by atoms with E-state index in [1.54, 1.807) is 0 Å². The number of nitrogens with two attached hydrogens (primary N) is 3. The van der Waals surface area contributed by atoms with E-state index in [1.807, 2.05) is 0 Å². The van der Waals surface area contributed by atoms with Gasteiger partial charge in [-0.15, -0.1) is 0 Å². The molecule has 0 aliphatic heterocycles. The molecule has 0 unspecified atom stereocenters. The number of esters is 2. The molecule has 0 aromatic rings. The average Bonchev–Trinajstić information content (AvgIpc) is 2.13. The van der Waals surface area contributed by atoms with Crippen molar-refractivity contribution in [2.75, 3.05) is 6.54 Å². The van der Waals surface area contributed by atoms with Gasteiger partial charge < -0.3 is 21.9 Å². The molecule has 15 heavy (non-hydrogen) atoms. The maximum Gasteiger partial charge on any atom is 0.330 e. The first-order chi connectivity index (χ1) is 6.47. The van der Waals surface area contributed by atoms with Crippen molar-refractivity contribution in [1.29, 1.82) is 0 Å². The summed E-state index contributed by atoms with van der Waals surface area (Å²) in [5.41, 5.74) is 15.0. The highest BCUT2D eigenvalue weighted by Gasteiger charge is 2.18. The third kappa shape index (κ3) is 8.30. The zero-order valence-electron chi connectivity index (χ0n) is 8.27. The van der Waals surface area contributed by atoms with Gasteiger partial charge in [-0.1, -0.05) is 0 Å². The van der Waals surface area contributed by atoms with Gasteiger partial charge in [0.25, 0.3) is 0 Å². The number of hydrogen-bond acceptors (Lipinski definition) is 6. The summed E-state index contributed by atoms with van der Waals surface area (Å²) in [4.78, 5) is 31.8. The SMILES string of the molecule is NCC(=O)OC(=O)[C@@H](N)CCC(N)=O.[Mg]. The van der Waals surface area contributed by atoms with Crippen LogP contribution in [0.4, 0.5) is 0 Å². The average molecular weight is 228 g/mol. The fourth-order valence-electron chi connectivity index (χ4n) is 0.645. The summed E-state index contributed by atoms with van der Waals surface area (Å²) >= 11 is 0. The first kappa shape index (κ1) is 16.7. The molecule has 1 atom stereocenters. The topological polar surface area (TPSA) is 138 Å². The van der Waals surface area contributed by atoms with Crippen molar-refractivity contribution in [3.8, 4) is 0 Å². The van der Waals surface area contributed by atoms with Gasteiger partial charge in [0.05, 0.1) is 6.54 Å². The molecular weight excluding hydrogens is 214 g/mol. The molecule has 7 nitrogen and oxygen atoms in total. The van der Waals surface area contributed by atoms with E-state index >= 15 is 0 Å². The molecule has 0 saturated heterocycles. The Morgan fingerprint density at radius 1 is 1.27 bits per heavy atom. The standard InChI is InChI=1S/C7H13N3O4.Mg/c8-3-6(12)14-7(13)4(9)1-2-5(10)11;/h4H,1-3,8-9H2,(H2,10,11);/t4-;/m0./s1. The fourth-order valence-corrected chi connectivity index (χ4v) is 0.645. The third-order valence-electron chi connectivity index (χ3n) is 1.39. The van der Waals surface area contributed by atoms with Crippen LogP contribution in [0, 0.1) is 0 Å². The molecule has 82 valence electrons. The number of rotatable bonds is 5. The number of carbonyl (C=O) groups is 3. The molecule has 6 N–H and O–H groups in total. The van der Waals surface area contributed by atoms with E-state index < -0.39 is 30.4 Å². The Hall–Kier alpha value is -0.704. The van der Waals surface area contributed by atoms with Crippen LogP contribution < -0.4 is 17.2 Å². The van der Waals surface area contributed by atoms with E-state index in [4.69, 9.17) is 17.2 Å². The van der Waals surface area contributed by atoms with E-state index in [2.05, 4.69) is 4.74 Å². The number of primary amides is 1. The molecule has 0 aliphatic carbocycles. The van der Waals surface area contributed by atoms with Gasteiger partial charge in [0.2, 0.25) is 5.91 Å². The molecule has 0 spiro atoms. The zero-order valence-corrected chi connectivity index (χ0v) is 9.69. The molecular formula is C7H13MgN3O4. The largest absolute Gasteiger partial charge is 0.391 e. The summed E-state index contributed by atoms with van der Waals surface area (Å²) in [5.74, 6) is -2.33. The Morgan fingerprint density at radius 2 is 1.80 bits per heavy atom. The third-order valence-corrected chi connectivity index (χ3v) is 1.39. The van der Waals surface area contributed by atoms with E-state index in [0.717, 1.165) is 0 Å². The van der Waals surface area contributed by atoms with Gasteiger partial charge in [-0.2, -0.15) is 0 Å². The van der Waals surface area contributed by atoms with Crippen molar-refractivity contribution in [3.05, 3.63) is 0 Å². The van der Waals surface area contributed by atoms with Crippen LogP contribution in [0.2, 0.25) is 0 Å². The molecule has 0 heterocycles. The highest BCUT2D eigenvalue weighted by Crippen LogP contribution is 1.96. The van der Waals surface area contributed by atoms with Crippen LogP contribution in [0.3, 0.4) is 0 Å². The van der Waals surface area contributed by atoms with Crippen LogP contribution in [-0.4, -0.2) is 53.5 Å². The van der Waals surface area contributed by atoms with Gasteiger partial charge in [-0.25, -0.2) is 4.79 Å².